The van der Waals surface area contributed by atoms with Crippen molar-refractivity contribution in [2.75, 3.05) is 54.1 Å². The molecule has 1 aliphatic heterocycles. The van der Waals surface area contributed by atoms with Crippen molar-refractivity contribution < 1.29 is 9.59 Å². The highest BCUT2D eigenvalue weighted by molar-refractivity contribution is 6.00. The number of nitrogens with zero attached hydrogens (tertiary/aromatic N) is 2. The number of hydrogen-bond donors (Lipinski definition) is 3. The third kappa shape index (κ3) is 5.47. The van der Waals surface area contributed by atoms with Gasteiger partial charge in [-0.25, -0.2) is 4.79 Å². The molecule has 0 unspecified atom stereocenters. The van der Waals surface area contributed by atoms with E-state index in [1.54, 1.807) is 24.3 Å². The molecule has 1 aliphatic rings. The lowest BCUT2D eigenvalue weighted by Crippen LogP contribution is -2.44. The van der Waals surface area contributed by atoms with Gasteiger partial charge in [0.15, 0.2) is 0 Å². The minimum absolute atomic E-state index is 0.131. The number of nitrogens with one attached hydrogen (secondary N) is 3. The first-order chi connectivity index (χ1) is 13.4. The standard InChI is InChI=1S/C21H27N5O2/c1-15-12-19(14-20(13-15)26-10-8-25(3)9-11-26)24-21(28)23-18-6-4-17(5-7-18)22-16(2)27/h4-7,12-14H,8-11H2,1-3H3,(H,22,27)(H2,23,24,28). The van der Waals surface area contributed by atoms with Gasteiger partial charge in [0, 0.05) is 55.9 Å². The Morgan fingerprint density at radius 2 is 1.39 bits per heavy atom. The lowest BCUT2D eigenvalue weighted by atomic mass is 10.1. The number of aryl methyl sites for hydroxylation is 1. The van der Waals surface area contributed by atoms with E-state index in [0.717, 1.165) is 43.1 Å². The van der Waals surface area contributed by atoms with Gasteiger partial charge in [-0.15, -0.1) is 0 Å². The Morgan fingerprint density at radius 3 is 2.00 bits per heavy atom. The highest BCUT2D eigenvalue weighted by Gasteiger charge is 2.15. The lowest BCUT2D eigenvalue weighted by molar-refractivity contribution is -0.114. The molecule has 0 spiro atoms. The number of anilines is 4. The molecule has 7 nitrogen and oxygen atoms in total. The molecule has 148 valence electrons. The zero-order valence-corrected chi connectivity index (χ0v) is 16.6. The summed E-state index contributed by atoms with van der Waals surface area (Å²) in [6, 6.07) is 12.8. The van der Waals surface area contributed by atoms with E-state index in [1.807, 2.05) is 19.1 Å². The van der Waals surface area contributed by atoms with Crippen molar-refractivity contribution in [2.45, 2.75) is 13.8 Å². The van der Waals surface area contributed by atoms with E-state index in [2.05, 4.69) is 38.9 Å². The van der Waals surface area contributed by atoms with Crippen LogP contribution in [0.2, 0.25) is 0 Å². The van der Waals surface area contributed by atoms with E-state index < -0.39 is 0 Å². The lowest BCUT2D eigenvalue weighted by Gasteiger charge is -2.34. The quantitative estimate of drug-likeness (QED) is 0.759. The van der Waals surface area contributed by atoms with Crippen molar-refractivity contribution in [2.24, 2.45) is 0 Å². The molecule has 0 bridgehead atoms. The van der Waals surface area contributed by atoms with Crippen molar-refractivity contribution >= 4 is 34.7 Å². The zero-order valence-electron chi connectivity index (χ0n) is 16.6. The van der Waals surface area contributed by atoms with Crippen molar-refractivity contribution in [1.82, 2.24) is 4.90 Å². The fourth-order valence-corrected chi connectivity index (χ4v) is 3.22. The summed E-state index contributed by atoms with van der Waals surface area (Å²) < 4.78 is 0. The first kappa shape index (κ1) is 19.7. The molecule has 0 saturated carbocycles. The number of carbonyl (C=O) groups is 2. The third-order valence-corrected chi connectivity index (χ3v) is 4.65. The molecule has 0 aromatic heterocycles. The van der Waals surface area contributed by atoms with Gasteiger partial charge in [0.2, 0.25) is 5.91 Å². The molecule has 1 saturated heterocycles. The van der Waals surface area contributed by atoms with Crippen LogP contribution in [0.1, 0.15) is 12.5 Å². The molecule has 2 aromatic rings. The molecule has 3 rings (SSSR count). The van der Waals surface area contributed by atoms with Crippen molar-refractivity contribution in [1.29, 1.82) is 0 Å². The van der Waals surface area contributed by atoms with Crippen molar-refractivity contribution in [3.8, 4) is 0 Å². The maximum atomic E-state index is 12.4. The Hall–Kier alpha value is -3.06. The van der Waals surface area contributed by atoms with E-state index in [1.165, 1.54) is 6.92 Å². The smallest absolute Gasteiger partial charge is 0.323 e. The first-order valence-corrected chi connectivity index (χ1v) is 9.40. The van der Waals surface area contributed by atoms with Crippen LogP contribution in [0.25, 0.3) is 0 Å². The number of hydrogen-bond acceptors (Lipinski definition) is 4. The molecular weight excluding hydrogens is 354 g/mol. The Balaban J connectivity index is 1.62. The van der Waals surface area contributed by atoms with Gasteiger partial charge in [-0.2, -0.15) is 0 Å². The van der Waals surface area contributed by atoms with Gasteiger partial charge in [-0.3, -0.25) is 4.79 Å². The average molecular weight is 381 g/mol. The second-order valence-electron chi connectivity index (χ2n) is 7.19. The highest BCUT2D eigenvalue weighted by Crippen LogP contribution is 2.24. The predicted molar refractivity (Wildman–Crippen MR) is 114 cm³/mol. The highest BCUT2D eigenvalue weighted by atomic mass is 16.2. The second-order valence-corrected chi connectivity index (χ2v) is 7.19. The monoisotopic (exact) mass is 381 g/mol. The molecule has 3 N–H and O–H groups in total. The number of urea groups is 1. The van der Waals surface area contributed by atoms with Crippen LogP contribution in [-0.2, 0) is 4.79 Å². The predicted octanol–water partition coefficient (Wildman–Crippen LogP) is 3.35. The fraction of sp³-hybridized carbons (Fsp3) is 0.333. The topological polar surface area (TPSA) is 76.7 Å². The van der Waals surface area contributed by atoms with Crippen molar-refractivity contribution in [3.63, 3.8) is 0 Å². The molecule has 0 aliphatic carbocycles. The summed E-state index contributed by atoms with van der Waals surface area (Å²) in [5, 5.41) is 8.42. The SMILES string of the molecule is CC(=O)Nc1ccc(NC(=O)Nc2cc(C)cc(N3CCN(C)CC3)c2)cc1. The number of benzene rings is 2. The minimum atomic E-state index is -0.304. The van der Waals surface area contributed by atoms with Crippen LogP contribution in [0.15, 0.2) is 42.5 Å². The molecule has 28 heavy (non-hydrogen) atoms. The van der Waals surface area contributed by atoms with E-state index in [4.69, 9.17) is 0 Å². The van der Waals surface area contributed by atoms with Crippen LogP contribution in [0, 0.1) is 6.92 Å². The van der Waals surface area contributed by atoms with Gasteiger partial charge >= 0.3 is 6.03 Å². The van der Waals surface area contributed by atoms with Gasteiger partial charge < -0.3 is 25.8 Å². The molecule has 1 fully saturated rings. The van der Waals surface area contributed by atoms with Crippen LogP contribution >= 0.6 is 0 Å². The zero-order chi connectivity index (χ0) is 20.1. The average Bonchev–Trinajstić information content (AvgIpc) is 2.63. The summed E-state index contributed by atoms with van der Waals surface area (Å²) in [4.78, 5) is 28.1. The number of rotatable bonds is 4. The summed E-state index contributed by atoms with van der Waals surface area (Å²) in [5.74, 6) is -0.131. The summed E-state index contributed by atoms with van der Waals surface area (Å²) in [5.41, 5.74) is 4.34. The Morgan fingerprint density at radius 1 is 0.821 bits per heavy atom. The largest absolute Gasteiger partial charge is 0.369 e. The fourth-order valence-electron chi connectivity index (χ4n) is 3.22. The van der Waals surface area contributed by atoms with Crippen LogP contribution < -0.4 is 20.9 Å². The normalized spacial score (nSPS) is 14.5. The third-order valence-electron chi connectivity index (χ3n) is 4.65. The van der Waals surface area contributed by atoms with Crippen LogP contribution in [-0.4, -0.2) is 50.1 Å². The molecule has 3 amide bonds. The molecular formula is C21H27N5O2. The maximum Gasteiger partial charge on any atom is 0.323 e. The summed E-state index contributed by atoms with van der Waals surface area (Å²) in [6.45, 7) is 7.51. The van der Waals surface area contributed by atoms with Crippen LogP contribution in [0.4, 0.5) is 27.5 Å². The van der Waals surface area contributed by atoms with E-state index >= 15 is 0 Å². The van der Waals surface area contributed by atoms with Crippen LogP contribution in [0.5, 0.6) is 0 Å². The number of piperazine rings is 1. The molecule has 0 radical (unpaired) electrons. The van der Waals surface area contributed by atoms with E-state index in [9.17, 15) is 9.59 Å². The van der Waals surface area contributed by atoms with Crippen LogP contribution in [0.3, 0.4) is 0 Å². The summed E-state index contributed by atoms with van der Waals surface area (Å²) in [7, 11) is 2.13. The number of amides is 3. The minimum Gasteiger partial charge on any atom is -0.369 e. The Kier molecular flexibility index (Phi) is 6.16. The van der Waals surface area contributed by atoms with E-state index in [0.29, 0.717) is 11.4 Å². The molecule has 1 heterocycles. The number of carbonyl (C=O) groups excluding carboxylic acids is 2. The molecule has 0 atom stereocenters. The van der Waals surface area contributed by atoms with Crippen molar-refractivity contribution in [3.05, 3.63) is 48.0 Å². The van der Waals surface area contributed by atoms with E-state index in [-0.39, 0.29) is 11.9 Å². The van der Waals surface area contributed by atoms with Gasteiger partial charge in [0.1, 0.15) is 0 Å². The van der Waals surface area contributed by atoms with Gasteiger partial charge in [-0.1, -0.05) is 0 Å². The molecule has 2 aromatic carbocycles. The van der Waals surface area contributed by atoms with Gasteiger partial charge in [0.05, 0.1) is 0 Å². The summed E-state index contributed by atoms with van der Waals surface area (Å²) >= 11 is 0. The first-order valence-electron chi connectivity index (χ1n) is 9.40. The Bertz CT molecular complexity index is 842. The van der Waals surface area contributed by atoms with Gasteiger partial charge in [-0.05, 0) is 62.0 Å². The van der Waals surface area contributed by atoms with Gasteiger partial charge in [0.25, 0.3) is 0 Å². The summed E-state index contributed by atoms with van der Waals surface area (Å²) in [6.07, 6.45) is 0. The second kappa shape index (κ2) is 8.75. The number of likely N-dealkylation sites (N-methyl/N-ethyl adjacent to an activating group) is 1. The molecule has 7 heteroatoms. The maximum absolute atomic E-state index is 12.4. The Labute approximate surface area is 165 Å².